The molecule has 0 saturated heterocycles. The van der Waals surface area contributed by atoms with Crippen LogP contribution in [0, 0.1) is 6.92 Å². The summed E-state index contributed by atoms with van der Waals surface area (Å²) in [5.74, 6) is 1.67. The number of nitrogens with zero attached hydrogens (tertiary/aromatic N) is 2. The van der Waals surface area contributed by atoms with Crippen LogP contribution in [0.25, 0.3) is 10.2 Å². The van der Waals surface area contributed by atoms with Gasteiger partial charge >= 0.3 is 6.03 Å². The zero-order valence-corrected chi connectivity index (χ0v) is 16.2. The van der Waals surface area contributed by atoms with Gasteiger partial charge in [-0.05, 0) is 50.3 Å². The Morgan fingerprint density at radius 2 is 1.93 bits per heavy atom. The number of fused-ring (bicyclic) bond motifs is 3. The van der Waals surface area contributed by atoms with Gasteiger partial charge in [0.05, 0.1) is 5.39 Å². The van der Waals surface area contributed by atoms with Gasteiger partial charge in [-0.15, -0.1) is 11.3 Å². The molecule has 0 saturated carbocycles. The van der Waals surface area contributed by atoms with Gasteiger partial charge in [-0.2, -0.15) is 0 Å². The number of carbonyl (C=O) groups is 1. The van der Waals surface area contributed by atoms with Gasteiger partial charge in [0.25, 0.3) is 0 Å². The average molecular weight is 382 g/mol. The number of aromatic nitrogens is 2. The van der Waals surface area contributed by atoms with Gasteiger partial charge in [0.1, 0.15) is 16.5 Å². The van der Waals surface area contributed by atoms with Crippen molar-refractivity contribution in [1.82, 2.24) is 15.3 Å². The Kier molecular flexibility index (Phi) is 5.20. The van der Waals surface area contributed by atoms with Crippen LogP contribution in [0.5, 0.6) is 0 Å². The fourth-order valence-corrected chi connectivity index (χ4v) is 4.75. The molecule has 2 amide bonds. The molecule has 0 aliphatic heterocycles. The highest BCUT2D eigenvalue weighted by atomic mass is 32.1. The van der Waals surface area contributed by atoms with Crippen LogP contribution in [0.15, 0.2) is 30.3 Å². The Labute approximate surface area is 162 Å². The Morgan fingerprint density at radius 1 is 1.11 bits per heavy atom. The van der Waals surface area contributed by atoms with Gasteiger partial charge in [-0.1, -0.05) is 18.2 Å². The lowest BCUT2D eigenvalue weighted by atomic mass is 9.97. The number of rotatable bonds is 5. The van der Waals surface area contributed by atoms with E-state index in [4.69, 9.17) is 0 Å². The van der Waals surface area contributed by atoms with Gasteiger partial charge in [-0.3, -0.25) is 0 Å². The lowest BCUT2D eigenvalue weighted by Gasteiger charge is -2.13. The molecule has 3 aromatic rings. The number of para-hydroxylation sites is 1. The van der Waals surface area contributed by atoms with Gasteiger partial charge in [0, 0.05) is 23.7 Å². The van der Waals surface area contributed by atoms with Crippen molar-refractivity contribution < 1.29 is 4.79 Å². The Bertz CT molecular complexity index is 954. The van der Waals surface area contributed by atoms with Crippen molar-refractivity contribution in [2.45, 2.75) is 32.6 Å². The van der Waals surface area contributed by atoms with Crippen molar-refractivity contribution in [2.75, 3.05) is 23.7 Å². The van der Waals surface area contributed by atoms with Crippen molar-refractivity contribution >= 4 is 39.1 Å². The predicted molar refractivity (Wildman–Crippen MR) is 111 cm³/mol. The molecule has 6 nitrogen and oxygen atoms in total. The van der Waals surface area contributed by atoms with Crippen LogP contribution < -0.4 is 16.0 Å². The second-order valence-electron chi connectivity index (χ2n) is 6.68. The molecule has 0 spiro atoms. The normalized spacial score (nSPS) is 13.2. The first kappa shape index (κ1) is 17.7. The molecule has 0 radical (unpaired) electrons. The van der Waals surface area contributed by atoms with Crippen molar-refractivity contribution in [3.63, 3.8) is 0 Å². The number of urea groups is 1. The topological polar surface area (TPSA) is 78.9 Å². The molecule has 0 bridgehead atoms. The number of amides is 2. The van der Waals surface area contributed by atoms with Crippen LogP contribution in [0.1, 0.15) is 29.1 Å². The van der Waals surface area contributed by atoms with Crippen LogP contribution in [0.4, 0.5) is 16.3 Å². The monoisotopic (exact) mass is 381 g/mol. The van der Waals surface area contributed by atoms with E-state index in [1.807, 2.05) is 37.3 Å². The summed E-state index contributed by atoms with van der Waals surface area (Å²) in [7, 11) is 0. The standard InChI is InChI=1S/C20H23N5OS/c1-13-23-18(17-15-9-5-6-10-16(15)27-19(17)24-13)21-11-12-22-20(26)25-14-7-3-2-4-8-14/h2-4,7-8H,5-6,9-12H2,1H3,(H,21,23,24)(H2,22,25,26). The van der Waals surface area contributed by atoms with Crippen LogP contribution in [0.3, 0.4) is 0 Å². The third-order valence-corrected chi connectivity index (χ3v) is 5.85. The third-order valence-electron chi connectivity index (χ3n) is 4.66. The molecule has 0 unspecified atom stereocenters. The molecule has 1 aliphatic rings. The van der Waals surface area contributed by atoms with Gasteiger partial charge in [0.15, 0.2) is 0 Å². The molecule has 1 aromatic carbocycles. The lowest BCUT2D eigenvalue weighted by molar-refractivity contribution is 0.252. The largest absolute Gasteiger partial charge is 0.368 e. The highest BCUT2D eigenvalue weighted by molar-refractivity contribution is 7.19. The van der Waals surface area contributed by atoms with E-state index in [1.54, 1.807) is 11.3 Å². The molecule has 2 aromatic heterocycles. The van der Waals surface area contributed by atoms with Crippen molar-refractivity contribution in [1.29, 1.82) is 0 Å². The van der Waals surface area contributed by atoms with E-state index in [0.29, 0.717) is 13.1 Å². The first-order valence-corrected chi connectivity index (χ1v) is 10.1. The second kappa shape index (κ2) is 7.92. The minimum absolute atomic E-state index is 0.208. The summed E-state index contributed by atoms with van der Waals surface area (Å²) in [6.45, 7) is 3.04. The van der Waals surface area contributed by atoms with Crippen LogP contribution >= 0.6 is 11.3 Å². The predicted octanol–water partition coefficient (Wildman–Crippen LogP) is 4.11. The molecule has 1 aliphatic carbocycles. The molecule has 2 heterocycles. The first-order valence-electron chi connectivity index (χ1n) is 9.33. The number of benzene rings is 1. The van der Waals surface area contributed by atoms with Crippen molar-refractivity contribution in [3.05, 3.63) is 46.6 Å². The summed E-state index contributed by atoms with van der Waals surface area (Å²) in [4.78, 5) is 23.8. The number of hydrogen-bond acceptors (Lipinski definition) is 5. The Morgan fingerprint density at radius 3 is 2.78 bits per heavy atom. The number of anilines is 2. The lowest BCUT2D eigenvalue weighted by Crippen LogP contribution is -2.32. The number of nitrogens with one attached hydrogen (secondary N) is 3. The molecule has 27 heavy (non-hydrogen) atoms. The van der Waals surface area contributed by atoms with Crippen LogP contribution in [-0.2, 0) is 12.8 Å². The number of thiophene rings is 1. The zero-order chi connectivity index (χ0) is 18.6. The number of carbonyl (C=O) groups excluding carboxylic acids is 1. The molecule has 4 rings (SSSR count). The summed E-state index contributed by atoms with van der Waals surface area (Å²) in [5.41, 5.74) is 2.19. The van der Waals surface area contributed by atoms with Gasteiger partial charge in [0.2, 0.25) is 0 Å². The van der Waals surface area contributed by atoms with E-state index in [9.17, 15) is 4.79 Å². The first-order chi connectivity index (χ1) is 13.2. The highest BCUT2D eigenvalue weighted by Gasteiger charge is 2.20. The fraction of sp³-hybridized carbons (Fsp3) is 0.350. The maximum absolute atomic E-state index is 12.0. The van der Waals surface area contributed by atoms with Crippen LogP contribution in [-0.4, -0.2) is 29.1 Å². The third kappa shape index (κ3) is 4.03. The second-order valence-corrected chi connectivity index (χ2v) is 7.77. The Hall–Kier alpha value is -2.67. The van der Waals surface area contributed by atoms with E-state index in [1.165, 1.54) is 28.7 Å². The summed E-state index contributed by atoms with van der Waals surface area (Å²) in [6, 6.07) is 9.21. The summed E-state index contributed by atoms with van der Waals surface area (Å²) in [6.07, 6.45) is 4.74. The summed E-state index contributed by atoms with van der Waals surface area (Å²) < 4.78 is 0. The SMILES string of the molecule is Cc1nc(NCCNC(=O)Nc2ccccc2)c2c3c(sc2n1)CCCC3. The number of aryl methyl sites for hydroxylation is 3. The quantitative estimate of drug-likeness (QED) is 0.581. The smallest absolute Gasteiger partial charge is 0.319 e. The molecular weight excluding hydrogens is 358 g/mol. The average Bonchev–Trinajstić information content (AvgIpc) is 3.04. The van der Waals surface area contributed by atoms with Gasteiger partial charge in [-0.25, -0.2) is 14.8 Å². The zero-order valence-electron chi connectivity index (χ0n) is 15.3. The Balaban J connectivity index is 1.39. The minimum atomic E-state index is -0.208. The maximum atomic E-state index is 12.0. The maximum Gasteiger partial charge on any atom is 0.319 e. The highest BCUT2D eigenvalue weighted by Crippen LogP contribution is 2.38. The molecular formula is C20H23N5OS. The summed E-state index contributed by atoms with van der Waals surface area (Å²) >= 11 is 1.80. The van der Waals surface area contributed by atoms with Gasteiger partial charge < -0.3 is 16.0 Å². The van der Waals surface area contributed by atoms with E-state index >= 15 is 0 Å². The minimum Gasteiger partial charge on any atom is -0.368 e. The molecule has 7 heteroatoms. The fourth-order valence-electron chi connectivity index (χ4n) is 3.45. The molecule has 0 atom stereocenters. The molecule has 3 N–H and O–H groups in total. The number of hydrogen-bond donors (Lipinski definition) is 3. The van der Waals surface area contributed by atoms with Crippen molar-refractivity contribution in [3.8, 4) is 0 Å². The van der Waals surface area contributed by atoms with E-state index in [0.717, 1.165) is 35.0 Å². The van der Waals surface area contributed by atoms with Crippen molar-refractivity contribution in [2.24, 2.45) is 0 Å². The molecule has 140 valence electrons. The van der Waals surface area contributed by atoms with E-state index in [-0.39, 0.29) is 6.03 Å². The molecule has 0 fully saturated rings. The van der Waals surface area contributed by atoms with Crippen LogP contribution in [0.2, 0.25) is 0 Å². The van der Waals surface area contributed by atoms with E-state index in [2.05, 4.69) is 25.9 Å². The van der Waals surface area contributed by atoms with E-state index < -0.39 is 0 Å². The summed E-state index contributed by atoms with van der Waals surface area (Å²) in [5, 5.41) is 10.3.